The molecule has 1 aliphatic heterocycles. The van der Waals surface area contributed by atoms with E-state index >= 15 is 0 Å². The van der Waals surface area contributed by atoms with Gasteiger partial charge in [0.05, 0.1) is 30.3 Å². The summed E-state index contributed by atoms with van der Waals surface area (Å²) in [5, 5.41) is 0. The summed E-state index contributed by atoms with van der Waals surface area (Å²) in [4.78, 5) is 13.8. The highest BCUT2D eigenvalue weighted by Crippen LogP contribution is 2.29. The van der Waals surface area contributed by atoms with Gasteiger partial charge in [0.1, 0.15) is 0 Å². The number of ether oxygens (including phenoxy) is 1. The molecule has 1 aromatic rings. The Morgan fingerprint density at radius 3 is 2.38 bits per heavy atom. The van der Waals surface area contributed by atoms with Gasteiger partial charge in [-0.3, -0.25) is 0 Å². The summed E-state index contributed by atoms with van der Waals surface area (Å²) in [5.74, 6) is -0.456. The minimum Gasteiger partial charge on any atom is -0.465 e. The number of anilines is 2. The van der Waals surface area contributed by atoms with Gasteiger partial charge < -0.3 is 15.4 Å². The fourth-order valence-corrected chi connectivity index (χ4v) is 3.26. The van der Waals surface area contributed by atoms with Crippen molar-refractivity contribution in [2.24, 2.45) is 0 Å². The third kappa shape index (κ3) is 3.27. The SMILES string of the molecule is COC(=O)c1cccc(N)c1N1CCN(S(C)(=O)=O)CC1. The van der Waals surface area contributed by atoms with Gasteiger partial charge in [0.2, 0.25) is 10.0 Å². The number of nitrogens with zero attached hydrogens (tertiary/aromatic N) is 2. The fourth-order valence-electron chi connectivity index (χ4n) is 2.43. The average molecular weight is 313 g/mol. The third-order valence-electron chi connectivity index (χ3n) is 3.50. The first-order chi connectivity index (χ1) is 9.84. The number of benzene rings is 1. The Bertz CT molecular complexity index is 637. The zero-order valence-electron chi connectivity index (χ0n) is 12.1. The Morgan fingerprint density at radius 2 is 1.86 bits per heavy atom. The first kappa shape index (κ1) is 15.6. The number of nitrogens with two attached hydrogens (primary N) is 1. The van der Waals surface area contributed by atoms with Gasteiger partial charge in [-0.15, -0.1) is 0 Å². The van der Waals surface area contributed by atoms with Crippen LogP contribution >= 0.6 is 0 Å². The minimum absolute atomic E-state index is 0.369. The number of hydrogen-bond donors (Lipinski definition) is 1. The van der Waals surface area contributed by atoms with Crippen LogP contribution in [0.4, 0.5) is 11.4 Å². The molecule has 1 aliphatic rings. The maximum absolute atomic E-state index is 11.8. The lowest BCUT2D eigenvalue weighted by molar-refractivity contribution is 0.0601. The van der Waals surface area contributed by atoms with E-state index in [4.69, 9.17) is 10.5 Å². The van der Waals surface area contributed by atoms with E-state index in [1.54, 1.807) is 18.2 Å². The number of carbonyl (C=O) groups is 1. The van der Waals surface area contributed by atoms with Crippen LogP contribution in [0.2, 0.25) is 0 Å². The summed E-state index contributed by atoms with van der Waals surface area (Å²) < 4.78 is 29.2. The van der Waals surface area contributed by atoms with Crippen molar-refractivity contribution in [2.75, 3.05) is 50.2 Å². The van der Waals surface area contributed by atoms with Gasteiger partial charge in [0.15, 0.2) is 0 Å². The summed E-state index contributed by atoms with van der Waals surface area (Å²) >= 11 is 0. The molecule has 0 saturated carbocycles. The number of nitrogen functional groups attached to an aromatic ring is 1. The molecule has 0 atom stereocenters. The second-order valence-corrected chi connectivity index (χ2v) is 6.87. The van der Waals surface area contributed by atoms with E-state index < -0.39 is 16.0 Å². The minimum atomic E-state index is -3.19. The molecule has 1 heterocycles. The van der Waals surface area contributed by atoms with Gasteiger partial charge in [-0.2, -0.15) is 4.31 Å². The number of hydrogen-bond acceptors (Lipinski definition) is 6. The number of carbonyl (C=O) groups excluding carboxylic acids is 1. The van der Waals surface area contributed by atoms with E-state index in [9.17, 15) is 13.2 Å². The predicted molar refractivity (Wildman–Crippen MR) is 80.8 cm³/mol. The Kier molecular flexibility index (Phi) is 4.38. The zero-order chi connectivity index (χ0) is 15.6. The normalized spacial score (nSPS) is 16.8. The standard InChI is InChI=1S/C13H19N3O4S/c1-20-13(17)10-4-3-5-11(14)12(10)15-6-8-16(9-7-15)21(2,18)19/h3-5H,6-9,14H2,1-2H3. The Hall–Kier alpha value is -1.80. The first-order valence-corrected chi connectivity index (χ1v) is 8.36. The van der Waals surface area contributed by atoms with E-state index in [1.165, 1.54) is 17.7 Å². The van der Waals surface area contributed by atoms with Crippen molar-refractivity contribution < 1.29 is 17.9 Å². The fraction of sp³-hybridized carbons (Fsp3) is 0.462. The molecular formula is C13H19N3O4S. The predicted octanol–water partition coefficient (Wildman–Crippen LogP) is 0.137. The zero-order valence-corrected chi connectivity index (χ0v) is 12.9. The highest BCUT2D eigenvalue weighted by atomic mass is 32.2. The molecular weight excluding hydrogens is 294 g/mol. The molecule has 2 N–H and O–H groups in total. The maximum Gasteiger partial charge on any atom is 0.340 e. The molecule has 8 heteroatoms. The molecule has 0 spiro atoms. The smallest absolute Gasteiger partial charge is 0.340 e. The summed E-state index contributed by atoms with van der Waals surface area (Å²) in [7, 11) is -1.87. The number of sulfonamides is 1. The summed E-state index contributed by atoms with van der Waals surface area (Å²) in [6.45, 7) is 1.69. The van der Waals surface area contributed by atoms with Crippen LogP contribution in [0.25, 0.3) is 0 Å². The van der Waals surface area contributed by atoms with E-state index in [-0.39, 0.29) is 0 Å². The highest BCUT2D eigenvalue weighted by molar-refractivity contribution is 7.88. The second kappa shape index (κ2) is 5.90. The van der Waals surface area contributed by atoms with Crippen molar-refractivity contribution in [2.45, 2.75) is 0 Å². The number of methoxy groups -OCH3 is 1. The monoisotopic (exact) mass is 313 g/mol. The van der Waals surface area contributed by atoms with E-state index in [2.05, 4.69) is 0 Å². The lowest BCUT2D eigenvalue weighted by atomic mass is 10.1. The molecule has 1 saturated heterocycles. The van der Waals surface area contributed by atoms with Crippen molar-refractivity contribution in [3.8, 4) is 0 Å². The quantitative estimate of drug-likeness (QED) is 0.630. The third-order valence-corrected chi connectivity index (χ3v) is 4.80. The number of para-hydroxylation sites is 1. The Labute approximate surface area is 124 Å². The van der Waals surface area contributed by atoms with E-state index in [0.717, 1.165) is 0 Å². The van der Waals surface area contributed by atoms with Gasteiger partial charge in [-0.1, -0.05) is 6.07 Å². The van der Waals surface area contributed by atoms with Gasteiger partial charge >= 0.3 is 5.97 Å². The van der Waals surface area contributed by atoms with E-state index in [1.807, 2.05) is 4.90 Å². The number of esters is 1. The number of rotatable bonds is 3. The summed E-state index contributed by atoms with van der Waals surface area (Å²) in [5.41, 5.74) is 7.46. The van der Waals surface area contributed by atoms with Gasteiger partial charge in [-0.25, -0.2) is 13.2 Å². The molecule has 0 amide bonds. The van der Waals surface area contributed by atoms with Crippen LogP contribution in [0.3, 0.4) is 0 Å². The molecule has 2 rings (SSSR count). The van der Waals surface area contributed by atoms with E-state index in [0.29, 0.717) is 43.1 Å². The highest BCUT2D eigenvalue weighted by Gasteiger charge is 2.27. The van der Waals surface area contributed by atoms with Gasteiger partial charge in [0.25, 0.3) is 0 Å². The topological polar surface area (TPSA) is 92.9 Å². The molecule has 0 bridgehead atoms. The molecule has 0 aromatic heterocycles. The van der Waals surface area contributed by atoms with Crippen LogP contribution in [-0.4, -0.2) is 58.2 Å². The van der Waals surface area contributed by atoms with Gasteiger partial charge in [0, 0.05) is 26.2 Å². The van der Waals surface area contributed by atoms with Crippen LogP contribution in [0.15, 0.2) is 18.2 Å². The summed E-state index contributed by atoms with van der Waals surface area (Å²) in [6, 6.07) is 5.06. The van der Waals surface area contributed by atoms with Crippen LogP contribution in [0.5, 0.6) is 0 Å². The lowest BCUT2D eigenvalue weighted by Gasteiger charge is -2.36. The van der Waals surface area contributed by atoms with Crippen molar-refractivity contribution in [1.29, 1.82) is 0 Å². The second-order valence-electron chi connectivity index (χ2n) is 4.88. The Morgan fingerprint density at radius 1 is 1.24 bits per heavy atom. The first-order valence-electron chi connectivity index (χ1n) is 6.51. The largest absolute Gasteiger partial charge is 0.465 e. The lowest BCUT2D eigenvalue weighted by Crippen LogP contribution is -2.48. The van der Waals surface area contributed by atoms with Crippen molar-refractivity contribution in [1.82, 2.24) is 4.31 Å². The molecule has 0 radical (unpaired) electrons. The van der Waals surface area contributed by atoms with Gasteiger partial charge in [-0.05, 0) is 12.1 Å². The molecule has 116 valence electrons. The molecule has 1 fully saturated rings. The molecule has 1 aromatic carbocycles. The van der Waals surface area contributed by atoms with Crippen LogP contribution < -0.4 is 10.6 Å². The summed E-state index contributed by atoms with van der Waals surface area (Å²) in [6.07, 6.45) is 1.19. The van der Waals surface area contributed by atoms with Crippen LogP contribution in [0.1, 0.15) is 10.4 Å². The van der Waals surface area contributed by atoms with Crippen molar-refractivity contribution in [3.05, 3.63) is 23.8 Å². The maximum atomic E-state index is 11.8. The number of piperazine rings is 1. The Balaban J connectivity index is 2.26. The molecule has 0 aliphatic carbocycles. The average Bonchev–Trinajstić information content (AvgIpc) is 2.45. The van der Waals surface area contributed by atoms with Crippen LogP contribution in [0, 0.1) is 0 Å². The molecule has 21 heavy (non-hydrogen) atoms. The molecule has 7 nitrogen and oxygen atoms in total. The van der Waals surface area contributed by atoms with Crippen molar-refractivity contribution in [3.63, 3.8) is 0 Å². The van der Waals surface area contributed by atoms with Crippen LogP contribution in [-0.2, 0) is 14.8 Å². The molecule has 0 unspecified atom stereocenters. The van der Waals surface area contributed by atoms with Crippen molar-refractivity contribution >= 4 is 27.4 Å².